The van der Waals surface area contributed by atoms with Crippen LogP contribution in [0.25, 0.3) is 0 Å². The zero-order valence-corrected chi connectivity index (χ0v) is 31.1. The second kappa shape index (κ2) is 20.3. The van der Waals surface area contributed by atoms with Gasteiger partial charge in [-0.2, -0.15) is 0 Å². The predicted octanol–water partition coefficient (Wildman–Crippen LogP) is -3.73. The van der Waals surface area contributed by atoms with Crippen molar-refractivity contribution in [2.45, 2.75) is 139 Å². The Labute approximate surface area is 310 Å². The second-order valence-corrected chi connectivity index (χ2v) is 14.6. The standard InChI is InChI=1S/C29H52O22S2/c1-6-14-18(30)11(3)45-27(21(14)33)42-8-16-23(35)29(47-13(5)25(16)49-51-53(39)40)43-9-17-22(34)28(46-12(4)24(17)48-50-52(37)38)41-7-15-19(31)10(2)44-26(36)20(15)32/h10-36H,6-9H2,1-5H3,(H,37,38)(H,39,40)/p-2/t10?,11?,12?,13?,14-,15-,16+,17+,18+,19+,20?,21?,22?,23?,24+,25+,26?,27+,28+,29+/m0/s1. The van der Waals surface area contributed by atoms with Crippen LogP contribution in [0.2, 0.25) is 0 Å². The average molecular weight is 815 g/mol. The smallest absolute Gasteiger partial charge is 0.184 e. The molecule has 22 atom stereocenters. The number of hydrogen-bond acceptors (Lipinski definition) is 22. The van der Waals surface area contributed by atoms with Gasteiger partial charge in [-0.1, -0.05) is 6.92 Å². The van der Waals surface area contributed by atoms with Crippen LogP contribution in [-0.2, 0) is 74.3 Å². The Morgan fingerprint density at radius 1 is 0.509 bits per heavy atom. The maximum atomic E-state index is 11.4. The number of ether oxygens (including phenoxy) is 7. The quantitative estimate of drug-likeness (QED) is 0.0447. The molecule has 0 amide bonds. The highest BCUT2D eigenvalue weighted by molar-refractivity contribution is 7.74. The van der Waals surface area contributed by atoms with Crippen molar-refractivity contribution >= 4 is 22.7 Å². The first-order valence-corrected chi connectivity index (χ1v) is 19.1. The summed E-state index contributed by atoms with van der Waals surface area (Å²) in [4.78, 5) is 10.1. The van der Waals surface area contributed by atoms with E-state index in [0.29, 0.717) is 6.42 Å². The fraction of sp³-hybridized carbons (Fsp3) is 1.00. The van der Waals surface area contributed by atoms with E-state index in [-0.39, 0.29) is 0 Å². The molecular weight excluding hydrogens is 764 g/mol. The summed E-state index contributed by atoms with van der Waals surface area (Å²) in [6.45, 7) is 6.31. The Bertz CT molecular complexity index is 1160. The molecule has 312 valence electrons. The summed E-state index contributed by atoms with van der Waals surface area (Å²) in [5.41, 5.74) is 0. The molecule has 4 aliphatic heterocycles. The molecule has 4 saturated heterocycles. The minimum atomic E-state index is -3.15. The number of hydrogen-bond donors (Lipinski definition) is 7. The van der Waals surface area contributed by atoms with Crippen LogP contribution < -0.4 is 0 Å². The van der Waals surface area contributed by atoms with E-state index in [0.717, 1.165) is 0 Å². The van der Waals surface area contributed by atoms with E-state index in [2.05, 4.69) is 8.67 Å². The third kappa shape index (κ3) is 11.1. The Balaban J connectivity index is 1.49. The van der Waals surface area contributed by atoms with Gasteiger partial charge in [0, 0.05) is 23.7 Å². The van der Waals surface area contributed by atoms with Gasteiger partial charge >= 0.3 is 0 Å². The minimum absolute atomic E-state index is 0.391. The molecule has 4 aliphatic rings. The van der Waals surface area contributed by atoms with E-state index >= 15 is 0 Å². The largest absolute Gasteiger partial charge is 0.748 e. The molecular formula is C29H50O22S2-2. The van der Waals surface area contributed by atoms with Crippen LogP contribution in [0.5, 0.6) is 0 Å². The first-order valence-electron chi connectivity index (χ1n) is 17.1. The fourth-order valence-corrected chi connectivity index (χ4v) is 7.36. The number of rotatable bonds is 16. The molecule has 0 aromatic carbocycles. The first kappa shape index (κ1) is 45.2. The lowest BCUT2D eigenvalue weighted by atomic mass is 9.87. The van der Waals surface area contributed by atoms with Gasteiger partial charge in [0.25, 0.3) is 0 Å². The van der Waals surface area contributed by atoms with Crippen LogP contribution in [0.1, 0.15) is 41.0 Å². The normalized spacial score (nSPS) is 48.0. The van der Waals surface area contributed by atoms with Gasteiger partial charge in [-0.25, -0.2) is 18.2 Å². The van der Waals surface area contributed by atoms with Gasteiger partial charge in [-0.15, -0.1) is 8.67 Å². The average Bonchev–Trinajstić information content (AvgIpc) is 3.09. The van der Waals surface area contributed by atoms with Gasteiger partial charge in [-0.3, -0.25) is 0 Å². The molecule has 0 aromatic heterocycles. The van der Waals surface area contributed by atoms with Gasteiger partial charge in [0.15, 0.2) is 25.2 Å². The minimum Gasteiger partial charge on any atom is -0.748 e. The van der Waals surface area contributed by atoms with Crippen LogP contribution in [0, 0.1) is 23.7 Å². The molecule has 0 bridgehead atoms. The third-order valence-electron chi connectivity index (χ3n) is 10.1. The fourth-order valence-electron chi connectivity index (χ4n) is 7.05. The van der Waals surface area contributed by atoms with Crippen molar-refractivity contribution in [2.24, 2.45) is 23.7 Å². The van der Waals surface area contributed by atoms with E-state index in [1.54, 1.807) is 13.8 Å². The van der Waals surface area contributed by atoms with Gasteiger partial charge < -0.3 is 78.0 Å². The van der Waals surface area contributed by atoms with Gasteiger partial charge in [0.05, 0.1) is 56.4 Å². The van der Waals surface area contributed by atoms with E-state index in [4.69, 9.17) is 42.9 Å². The van der Waals surface area contributed by atoms with Crippen LogP contribution >= 0.6 is 0 Å². The van der Waals surface area contributed by atoms with Crippen LogP contribution in [0.4, 0.5) is 0 Å². The molecule has 24 heteroatoms. The highest BCUT2D eigenvalue weighted by atomic mass is 32.2. The van der Waals surface area contributed by atoms with Gasteiger partial charge in [0.1, 0.15) is 59.3 Å². The van der Waals surface area contributed by atoms with Crippen molar-refractivity contribution in [1.82, 2.24) is 0 Å². The lowest BCUT2D eigenvalue weighted by Gasteiger charge is -2.46. The number of aliphatic hydroxyl groups excluding tert-OH is 7. The molecule has 0 aliphatic carbocycles. The van der Waals surface area contributed by atoms with Crippen LogP contribution in [0.15, 0.2) is 0 Å². The molecule has 0 radical (unpaired) electrons. The van der Waals surface area contributed by atoms with Crippen molar-refractivity contribution in [1.29, 1.82) is 0 Å². The van der Waals surface area contributed by atoms with Crippen LogP contribution in [0.3, 0.4) is 0 Å². The molecule has 11 unspecified atom stereocenters. The summed E-state index contributed by atoms with van der Waals surface area (Å²) in [6, 6.07) is 0. The van der Waals surface area contributed by atoms with Gasteiger partial charge in [-0.05, 0) is 34.1 Å². The zero-order chi connectivity index (χ0) is 39.3. The summed E-state index contributed by atoms with van der Waals surface area (Å²) < 4.78 is 92.9. The first-order chi connectivity index (χ1) is 25.0. The molecule has 0 aromatic rings. The van der Waals surface area contributed by atoms with Crippen molar-refractivity contribution in [3.8, 4) is 0 Å². The topological polar surface area (TPSA) is 323 Å². The van der Waals surface area contributed by atoms with Crippen molar-refractivity contribution in [3.63, 3.8) is 0 Å². The summed E-state index contributed by atoms with van der Waals surface area (Å²) in [5.74, 6) is -4.07. The SMILES string of the molecule is CC[C@@H]1C(O)[C@H](OC[C@@H]2C(O)[C@H](OC[C@@H]3C(O)[C@H](OC[C@@H]4C(O)C(O)OC(C)[C@H]4O)OC(C)[C@H]3OOS(=O)[O-])OC(C)[C@H]2OOS(=O)[O-])OC(C)[C@H]1O. The van der Waals surface area contributed by atoms with E-state index in [9.17, 15) is 53.3 Å². The summed E-state index contributed by atoms with van der Waals surface area (Å²) in [6.07, 6.45) is -20.2. The third-order valence-corrected chi connectivity index (χ3v) is 10.5. The van der Waals surface area contributed by atoms with E-state index < -0.39 is 165 Å². The monoisotopic (exact) mass is 814 g/mol. The molecule has 4 heterocycles. The molecule has 22 nitrogen and oxygen atoms in total. The van der Waals surface area contributed by atoms with Crippen molar-refractivity contribution in [2.75, 3.05) is 19.8 Å². The lowest BCUT2D eigenvalue weighted by Crippen LogP contribution is -2.60. The van der Waals surface area contributed by atoms with Crippen LogP contribution in [-0.4, -0.2) is 171 Å². The molecule has 53 heavy (non-hydrogen) atoms. The highest BCUT2D eigenvalue weighted by Crippen LogP contribution is 2.36. The second-order valence-electron chi connectivity index (χ2n) is 13.5. The Morgan fingerprint density at radius 2 is 0.868 bits per heavy atom. The molecule has 0 saturated carbocycles. The van der Waals surface area contributed by atoms with Crippen molar-refractivity contribution in [3.05, 3.63) is 0 Å². The Morgan fingerprint density at radius 3 is 1.28 bits per heavy atom. The molecule has 4 rings (SSSR count). The maximum absolute atomic E-state index is 11.4. The Kier molecular flexibility index (Phi) is 17.3. The predicted molar refractivity (Wildman–Crippen MR) is 167 cm³/mol. The lowest BCUT2D eigenvalue weighted by molar-refractivity contribution is -0.372. The van der Waals surface area contributed by atoms with Gasteiger partial charge in [0.2, 0.25) is 0 Å². The molecule has 0 spiro atoms. The molecule has 7 N–H and O–H groups in total. The van der Waals surface area contributed by atoms with Crippen molar-refractivity contribution < 1.29 is 105 Å². The summed E-state index contributed by atoms with van der Waals surface area (Å²) in [7, 11) is 0. The highest BCUT2D eigenvalue weighted by Gasteiger charge is 2.51. The number of aliphatic hydroxyl groups is 7. The molecule has 4 fully saturated rings. The summed E-state index contributed by atoms with van der Waals surface area (Å²) >= 11 is -6.28. The summed E-state index contributed by atoms with van der Waals surface area (Å²) in [5, 5.41) is 74.9. The van der Waals surface area contributed by atoms with E-state index in [1.165, 1.54) is 20.8 Å². The maximum Gasteiger partial charge on any atom is 0.184 e. The van der Waals surface area contributed by atoms with E-state index in [1.807, 2.05) is 0 Å². The Hall–Kier alpha value is -0.500. The zero-order valence-electron chi connectivity index (χ0n) is 29.4.